The molecule has 0 aromatic heterocycles. The van der Waals surface area contributed by atoms with E-state index in [9.17, 15) is 9.90 Å². The molecule has 1 aromatic rings. The van der Waals surface area contributed by atoms with Crippen molar-refractivity contribution in [2.45, 2.75) is 12.8 Å². The molecule has 0 atom stereocenters. The third-order valence-electron chi connectivity index (χ3n) is 2.54. The van der Waals surface area contributed by atoms with Gasteiger partial charge >= 0.3 is 0 Å². The van der Waals surface area contributed by atoms with Crippen LogP contribution in [0.4, 0.5) is 5.69 Å². The normalized spacial score (nSPS) is 9.37. The minimum atomic E-state index is -0.390. The Labute approximate surface area is 111 Å². The van der Waals surface area contributed by atoms with Crippen molar-refractivity contribution in [1.29, 1.82) is 10.5 Å². The van der Waals surface area contributed by atoms with Crippen LogP contribution in [0.25, 0.3) is 0 Å². The van der Waals surface area contributed by atoms with E-state index in [4.69, 9.17) is 16.3 Å². The number of phenolic OH excluding ortho intramolecular Hbond substituents is 1. The van der Waals surface area contributed by atoms with Crippen LogP contribution in [0.15, 0.2) is 18.2 Å². The molecule has 98 valence electrons. The van der Waals surface area contributed by atoms with Crippen molar-refractivity contribution in [3.8, 4) is 17.9 Å². The molecule has 1 rings (SSSR count). The number of nitrogens with two attached hydrogens (primary N) is 1. The van der Waals surface area contributed by atoms with Gasteiger partial charge in [0.25, 0.3) is 5.91 Å². The molecule has 0 aliphatic carbocycles. The highest BCUT2D eigenvalue weighted by Gasteiger charge is 2.18. The monoisotopic (exact) mass is 258 g/mol. The lowest BCUT2D eigenvalue weighted by atomic mass is 10.1. The summed E-state index contributed by atoms with van der Waals surface area (Å²) in [4.78, 5) is 13.6. The second kappa shape index (κ2) is 6.87. The number of benzene rings is 1. The highest BCUT2D eigenvalue weighted by atomic mass is 16.3. The van der Waals surface area contributed by atoms with Crippen LogP contribution in [0.2, 0.25) is 0 Å². The molecule has 19 heavy (non-hydrogen) atoms. The van der Waals surface area contributed by atoms with Gasteiger partial charge in [-0.15, -0.1) is 0 Å². The summed E-state index contributed by atoms with van der Waals surface area (Å²) in [5.41, 5.74) is 6.13. The summed E-state index contributed by atoms with van der Waals surface area (Å²) in [7, 11) is 0. The molecule has 0 heterocycles. The van der Waals surface area contributed by atoms with Crippen molar-refractivity contribution in [3.05, 3.63) is 23.8 Å². The molecule has 3 N–H and O–H groups in total. The molecule has 6 heteroatoms. The van der Waals surface area contributed by atoms with E-state index in [0.717, 1.165) is 0 Å². The van der Waals surface area contributed by atoms with Gasteiger partial charge in [0, 0.05) is 18.8 Å². The number of nitrogen functional groups attached to an aromatic ring is 1. The van der Waals surface area contributed by atoms with Crippen molar-refractivity contribution in [2.24, 2.45) is 0 Å². The van der Waals surface area contributed by atoms with Gasteiger partial charge in [0.15, 0.2) is 0 Å². The van der Waals surface area contributed by atoms with Gasteiger partial charge in [-0.3, -0.25) is 4.79 Å². The number of rotatable bonds is 5. The lowest BCUT2D eigenvalue weighted by molar-refractivity contribution is 0.0763. The van der Waals surface area contributed by atoms with Crippen molar-refractivity contribution < 1.29 is 9.90 Å². The van der Waals surface area contributed by atoms with E-state index in [1.807, 2.05) is 12.1 Å². The van der Waals surface area contributed by atoms with Crippen molar-refractivity contribution in [1.82, 2.24) is 4.90 Å². The van der Waals surface area contributed by atoms with E-state index < -0.39 is 0 Å². The minimum absolute atomic E-state index is 0.0573. The highest BCUT2D eigenvalue weighted by Crippen LogP contribution is 2.20. The predicted octanol–water partition coefficient (Wildman–Crippen LogP) is 1.24. The number of amides is 1. The number of hydrogen-bond donors (Lipinski definition) is 2. The molecule has 0 radical (unpaired) electrons. The Kier molecular flexibility index (Phi) is 5.18. The van der Waals surface area contributed by atoms with Crippen LogP contribution in [-0.2, 0) is 0 Å². The summed E-state index contributed by atoms with van der Waals surface area (Å²) in [5, 5.41) is 26.5. The minimum Gasteiger partial charge on any atom is -0.508 e. The van der Waals surface area contributed by atoms with Gasteiger partial charge in [-0.2, -0.15) is 10.5 Å². The Bertz CT molecular complexity index is 525. The largest absolute Gasteiger partial charge is 0.508 e. The molecule has 0 saturated carbocycles. The van der Waals surface area contributed by atoms with E-state index in [-0.39, 0.29) is 48.8 Å². The number of nitrogens with zero attached hydrogens (tertiary/aromatic N) is 3. The van der Waals surface area contributed by atoms with Crippen molar-refractivity contribution >= 4 is 11.6 Å². The first-order chi connectivity index (χ1) is 9.10. The lowest BCUT2D eigenvalue weighted by Gasteiger charge is -2.21. The number of hydrogen-bond acceptors (Lipinski definition) is 5. The van der Waals surface area contributed by atoms with Crippen LogP contribution in [0.5, 0.6) is 5.75 Å². The molecule has 0 fully saturated rings. The van der Waals surface area contributed by atoms with Gasteiger partial charge in [-0.25, -0.2) is 0 Å². The van der Waals surface area contributed by atoms with E-state index in [0.29, 0.717) is 0 Å². The average molecular weight is 258 g/mol. The number of carbonyl (C=O) groups is 1. The van der Waals surface area contributed by atoms with E-state index in [2.05, 4.69) is 0 Å². The Hall–Kier alpha value is -2.73. The maximum absolute atomic E-state index is 12.2. The summed E-state index contributed by atoms with van der Waals surface area (Å²) < 4.78 is 0. The number of phenols is 1. The van der Waals surface area contributed by atoms with Gasteiger partial charge in [0.05, 0.1) is 30.5 Å². The third kappa shape index (κ3) is 3.90. The topological polar surface area (TPSA) is 114 Å². The van der Waals surface area contributed by atoms with E-state index >= 15 is 0 Å². The summed E-state index contributed by atoms with van der Waals surface area (Å²) in [5.74, 6) is -0.447. The van der Waals surface area contributed by atoms with Gasteiger partial charge < -0.3 is 15.7 Å². The van der Waals surface area contributed by atoms with Crippen LogP contribution in [0, 0.1) is 22.7 Å². The fraction of sp³-hybridized carbons (Fsp3) is 0.308. The van der Waals surface area contributed by atoms with Crippen LogP contribution in [-0.4, -0.2) is 29.0 Å². The predicted molar refractivity (Wildman–Crippen MR) is 68.9 cm³/mol. The zero-order chi connectivity index (χ0) is 14.3. The standard InChI is InChI=1S/C13H14N4O2/c14-5-1-7-17(8-2-6-15)13(19)11-9-10(18)3-4-12(11)16/h3-4,9,18H,1-2,7-8,16H2. The molecule has 1 amide bonds. The quantitative estimate of drug-likeness (QED) is 0.609. The van der Waals surface area contributed by atoms with Crippen LogP contribution in [0.3, 0.4) is 0 Å². The number of aromatic hydroxyl groups is 1. The van der Waals surface area contributed by atoms with Gasteiger partial charge in [0.2, 0.25) is 0 Å². The summed E-state index contributed by atoms with van der Waals surface area (Å²) in [6.07, 6.45) is 0.353. The number of carbonyl (C=O) groups excluding carboxylic acids is 1. The second-order valence-corrected chi connectivity index (χ2v) is 3.88. The van der Waals surface area contributed by atoms with Gasteiger partial charge in [0.1, 0.15) is 5.75 Å². The second-order valence-electron chi connectivity index (χ2n) is 3.88. The van der Waals surface area contributed by atoms with Gasteiger partial charge in [-0.1, -0.05) is 0 Å². The van der Waals surface area contributed by atoms with Crippen LogP contribution < -0.4 is 5.73 Å². The molecule has 1 aromatic carbocycles. The zero-order valence-corrected chi connectivity index (χ0v) is 10.3. The molecule has 0 aliphatic rings. The van der Waals surface area contributed by atoms with E-state index in [1.54, 1.807) is 0 Å². The molecular formula is C13H14N4O2. The first-order valence-electron chi connectivity index (χ1n) is 5.71. The molecule has 0 saturated heterocycles. The zero-order valence-electron chi connectivity index (χ0n) is 10.3. The van der Waals surface area contributed by atoms with E-state index in [1.165, 1.54) is 23.1 Å². The molecule has 0 spiro atoms. The van der Waals surface area contributed by atoms with Crippen LogP contribution >= 0.6 is 0 Å². The smallest absolute Gasteiger partial charge is 0.256 e. The fourth-order valence-electron chi connectivity index (χ4n) is 1.58. The number of nitriles is 2. The number of anilines is 1. The molecule has 0 unspecified atom stereocenters. The molecule has 0 bridgehead atoms. The first kappa shape index (κ1) is 14.3. The molecule has 6 nitrogen and oxygen atoms in total. The van der Waals surface area contributed by atoms with Crippen molar-refractivity contribution in [2.75, 3.05) is 18.8 Å². The summed E-state index contributed by atoms with van der Waals surface area (Å²) in [6.45, 7) is 0.457. The first-order valence-corrected chi connectivity index (χ1v) is 5.71. The SMILES string of the molecule is N#CCCN(CCC#N)C(=O)c1cc(O)ccc1N. The third-order valence-corrected chi connectivity index (χ3v) is 2.54. The molecule has 0 aliphatic heterocycles. The fourth-order valence-corrected chi connectivity index (χ4v) is 1.58. The van der Waals surface area contributed by atoms with Crippen LogP contribution in [0.1, 0.15) is 23.2 Å². The summed E-state index contributed by atoms with van der Waals surface area (Å²) in [6, 6.07) is 8.01. The Morgan fingerprint density at radius 3 is 2.37 bits per heavy atom. The van der Waals surface area contributed by atoms with Crippen molar-refractivity contribution in [3.63, 3.8) is 0 Å². The average Bonchev–Trinajstić information content (AvgIpc) is 2.41. The molecular weight excluding hydrogens is 244 g/mol. The van der Waals surface area contributed by atoms with Gasteiger partial charge in [-0.05, 0) is 18.2 Å². The maximum Gasteiger partial charge on any atom is 0.256 e. The maximum atomic E-state index is 12.2. The Balaban J connectivity index is 2.94. The lowest BCUT2D eigenvalue weighted by Crippen LogP contribution is -2.33. The summed E-state index contributed by atoms with van der Waals surface area (Å²) >= 11 is 0. The highest BCUT2D eigenvalue weighted by molar-refractivity contribution is 5.99. The Morgan fingerprint density at radius 2 is 1.84 bits per heavy atom. The Morgan fingerprint density at radius 1 is 1.26 bits per heavy atom.